The van der Waals surface area contributed by atoms with E-state index in [1.165, 1.54) is 99.6 Å². The molecule has 6 aromatic rings. The van der Waals surface area contributed by atoms with Crippen LogP contribution in [-0.2, 0) is 32.2 Å². The lowest BCUT2D eigenvalue weighted by Gasteiger charge is -2.12. The zero-order chi connectivity index (χ0) is 59.7. The first kappa shape index (κ1) is 65.1. The van der Waals surface area contributed by atoms with Gasteiger partial charge in [0.25, 0.3) is 11.8 Å². The van der Waals surface area contributed by atoms with Gasteiger partial charge >= 0.3 is 12.7 Å². The van der Waals surface area contributed by atoms with E-state index in [1.807, 2.05) is 0 Å². The van der Waals surface area contributed by atoms with Gasteiger partial charge in [0.1, 0.15) is 34.5 Å². The van der Waals surface area contributed by atoms with Gasteiger partial charge in [-0.15, -0.1) is 49.0 Å². The monoisotopic (exact) mass is 1190 g/mol. The van der Waals surface area contributed by atoms with E-state index in [0.29, 0.717) is 120 Å². The largest absolute Gasteiger partial charge is 0.573 e. The molecule has 4 aromatic carbocycles. The lowest BCUT2D eigenvalue weighted by atomic mass is 10.1. The predicted molar refractivity (Wildman–Crippen MR) is 292 cm³/mol. The first-order chi connectivity index (χ1) is 39.3. The predicted octanol–water partition coefficient (Wildman–Crippen LogP) is 7.23. The van der Waals surface area contributed by atoms with E-state index in [1.54, 1.807) is 70.5 Å². The normalized spacial score (nSPS) is 11.8. The minimum absolute atomic E-state index is 0.124. The molecule has 0 bridgehead atoms. The number of thiazole rings is 2. The molecule has 0 radical (unpaired) electrons. The summed E-state index contributed by atoms with van der Waals surface area (Å²) >= 11 is 2.42. The Morgan fingerprint density at radius 1 is 0.500 bits per heavy atom. The molecule has 0 unspecified atom stereocenters. The van der Waals surface area contributed by atoms with E-state index >= 15 is 0 Å². The van der Waals surface area contributed by atoms with Crippen LogP contribution in [0.25, 0.3) is 22.5 Å². The Labute approximate surface area is 475 Å². The van der Waals surface area contributed by atoms with E-state index in [0.717, 1.165) is 0 Å². The lowest BCUT2D eigenvalue weighted by molar-refractivity contribution is -0.275. The molecule has 4 N–H and O–H groups in total. The fourth-order valence-electron chi connectivity index (χ4n) is 7.47. The molecule has 2 aromatic heterocycles. The maximum atomic E-state index is 13.1. The van der Waals surface area contributed by atoms with Gasteiger partial charge in [0, 0.05) is 63.3 Å². The Hall–Kier alpha value is -7.76. The number of ether oxygens (including phenoxy) is 8. The summed E-state index contributed by atoms with van der Waals surface area (Å²) in [6.07, 6.45) is -8.46. The van der Waals surface area contributed by atoms with Crippen molar-refractivity contribution < 1.29 is 83.4 Å². The number of nitrogens with zero attached hydrogens (tertiary/aromatic N) is 4. The second-order valence-corrected chi connectivity index (χ2v) is 18.6. The van der Waals surface area contributed by atoms with Crippen molar-refractivity contribution in [2.24, 2.45) is 9.98 Å². The number of methoxy groups -OCH3 is 6. The summed E-state index contributed by atoms with van der Waals surface area (Å²) in [4.78, 5) is 59.5. The number of aromatic nitrogens is 2. The Kier molecular flexibility index (Phi) is 25.9. The number of nitrogens with one attached hydrogen (secondary N) is 4. The quantitative estimate of drug-likeness (QED) is 0.0281. The molecule has 20 nitrogen and oxygen atoms in total. The number of halogens is 6. The molecular weight excluding hydrogens is 1130 g/mol. The van der Waals surface area contributed by atoms with E-state index < -0.39 is 24.5 Å². The third-order valence-electron chi connectivity index (χ3n) is 11.3. The number of hydrogen-bond donors (Lipinski definition) is 4. The number of hydrogen-bond acceptors (Lipinski definition) is 16. The van der Waals surface area contributed by atoms with E-state index in [2.05, 4.69) is 40.7 Å². The average molecular weight is 1190 g/mol. The number of alkyl halides is 6. The standard InChI is InChI=1S/2C27H31F3N4O6S/c2*1-37-14-12-32-24(35)16-31-11-4-13-34-22(18-5-7-19(8-6-18)40-27(28,29)30)17-41-26(34)33-25(36)21-10-9-20(38-2)15-23(21)39-3/h2*5-10,15,17,31H,4,11-14,16H2,1-3H3,(H,32,35). The van der Waals surface area contributed by atoms with Gasteiger partial charge in [-0.3, -0.25) is 19.2 Å². The highest BCUT2D eigenvalue weighted by molar-refractivity contribution is 7.07. The Morgan fingerprint density at radius 2 is 0.866 bits per heavy atom. The van der Waals surface area contributed by atoms with Crippen molar-refractivity contribution in [1.82, 2.24) is 30.4 Å². The summed E-state index contributed by atoms with van der Waals surface area (Å²) in [5.41, 5.74) is 3.00. The van der Waals surface area contributed by atoms with Crippen molar-refractivity contribution in [3.8, 4) is 57.0 Å². The summed E-state index contributed by atoms with van der Waals surface area (Å²) < 4.78 is 118. The van der Waals surface area contributed by atoms with Gasteiger partial charge in [-0.05, 0) is 110 Å². The summed E-state index contributed by atoms with van der Waals surface area (Å²) in [5.74, 6) is -0.453. The van der Waals surface area contributed by atoms with Crippen molar-refractivity contribution in [2.45, 2.75) is 38.7 Å². The molecule has 2 heterocycles. The molecule has 0 aliphatic heterocycles. The van der Waals surface area contributed by atoms with Gasteiger partial charge in [-0.2, -0.15) is 9.98 Å². The van der Waals surface area contributed by atoms with Crippen molar-refractivity contribution in [2.75, 3.05) is 95.1 Å². The zero-order valence-corrected chi connectivity index (χ0v) is 47.1. The molecule has 0 atom stereocenters. The van der Waals surface area contributed by atoms with Crippen LogP contribution >= 0.6 is 22.7 Å². The molecule has 4 amide bonds. The summed E-state index contributed by atoms with van der Waals surface area (Å²) in [6.45, 7) is 3.69. The van der Waals surface area contributed by atoms with Crippen LogP contribution in [0.1, 0.15) is 33.6 Å². The molecule has 82 heavy (non-hydrogen) atoms. The number of rotatable bonds is 28. The fraction of sp³-hybridized carbons (Fsp3) is 0.370. The highest BCUT2D eigenvalue weighted by Crippen LogP contribution is 2.31. The van der Waals surface area contributed by atoms with E-state index in [-0.39, 0.29) is 47.5 Å². The Balaban J connectivity index is 0.000000301. The van der Waals surface area contributed by atoms with E-state index in [9.17, 15) is 45.5 Å². The van der Waals surface area contributed by atoms with Crippen LogP contribution in [0.15, 0.2) is 106 Å². The third kappa shape index (κ3) is 21.0. The van der Waals surface area contributed by atoms with Crippen molar-refractivity contribution in [1.29, 1.82) is 0 Å². The Morgan fingerprint density at radius 3 is 1.20 bits per heavy atom. The molecule has 0 saturated carbocycles. The highest BCUT2D eigenvalue weighted by Gasteiger charge is 2.32. The molecule has 0 aliphatic carbocycles. The lowest BCUT2D eigenvalue weighted by Crippen LogP contribution is -2.36. The van der Waals surface area contributed by atoms with Crippen LogP contribution in [-0.4, -0.2) is 141 Å². The topological polar surface area (TPSA) is 225 Å². The van der Waals surface area contributed by atoms with E-state index in [4.69, 9.17) is 28.4 Å². The first-order valence-corrected chi connectivity index (χ1v) is 26.7. The average Bonchev–Trinajstić information content (AvgIpc) is 4.10. The molecular formula is C54H62F6N8O12S2. The molecule has 0 saturated heterocycles. The highest BCUT2D eigenvalue weighted by atomic mass is 32.1. The van der Waals surface area contributed by atoms with Gasteiger partial charge in [-0.25, -0.2) is 0 Å². The summed E-state index contributed by atoms with van der Waals surface area (Å²) in [6, 6.07) is 20.4. The summed E-state index contributed by atoms with van der Waals surface area (Å²) in [7, 11) is 8.97. The Bertz CT molecular complexity index is 2950. The summed E-state index contributed by atoms with van der Waals surface area (Å²) in [5, 5.41) is 15.1. The van der Waals surface area contributed by atoms with Gasteiger partial charge in [-0.1, -0.05) is 0 Å². The first-order valence-electron chi connectivity index (χ1n) is 24.9. The molecule has 0 spiro atoms. The molecule has 444 valence electrons. The smallest absolute Gasteiger partial charge is 0.497 e. The number of benzene rings is 4. The zero-order valence-electron chi connectivity index (χ0n) is 45.5. The number of carbonyl (C=O) groups excluding carboxylic acids is 4. The van der Waals surface area contributed by atoms with Crippen LogP contribution in [0.5, 0.6) is 34.5 Å². The van der Waals surface area contributed by atoms with Gasteiger partial charge in [0.15, 0.2) is 9.60 Å². The van der Waals surface area contributed by atoms with Crippen LogP contribution in [0.4, 0.5) is 26.3 Å². The second-order valence-electron chi connectivity index (χ2n) is 17.0. The maximum absolute atomic E-state index is 13.1. The van der Waals surface area contributed by atoms with Crippen LogP contribution < -0.4 is 59.3 Å². The number of carbonyl (C=O) groups is 4. The van der Waals surface area contributed by atoms with Gasteiger partial charge in [0.2, 0.25) is 11.8 Å². The molecule has 0 aliphatic rings. The maximum Gasteiger partial charge on any atom is 0.573 e. The molecule has 6 rings (SSSR count). The van der Waals surface area contributed by atoms with Crippen molar-refractivity contribution in [3.05, 3.63) is 116 Å². The third-order valence-corrected chi connectivity index (χ3v) is 13.1. The fourth-order valence-corrected chi connectivity index (χ4v) is 9.33. The minimum atomic E-state index is -4.80. The van der Waals surface area contributed by atoms with Gasteiger partial charge in [0.05, 0.1) is 77.3 Å². The second kappa shape index (κ2) is 32.6. The van der Waals surface area contributed by atoms with Crippen LogP contribution in [0.3, 0.4) is 0 Å². The van der Waals surface area contributed by atoms with Crippen LogP contribution in [0.2, 0.25) is 0 Å². The van der Waals surface area contributed by atoms with Gasteiger partial charge < -0.3 is 68.3 Å². The van der Waals surface area contributed by atoms with Crippen molar-refractivity contribution >= 4 is 46.3 Å². The van der Waals surface area contributed by atoms with Crippen LogP contribution in [0, 0.1) is 0 Å². The minimum Gasteiger partial charge on any atom is -0.497 e. The SMILES string of the molecule is COCCNC(=O)CNCCCn1c(-c2ccc(OC(F)(F)F)cc2)csc1=NC(=O)c1ccc(OC)cc1OC.COCCNC(=O)CNCCCn1c(-c2ccc(OC(F)(F)F)cc2)csc1=NC(=O)c1ccc(OC)cc1OC. The molecule has 28 heteroatoms. The number of amides is 4. The molecule has 0 fully saturated rings. The van der Waals surface area contributed by atoms with Crippen molar-refractivity contribution in [3.63, 3.8) is 0 Å².